The Labute approximate surface area is 168 Å². The maximum Gasteiger partial charge on any atom is 0.274 e. The van der Waals surface area contributed by atoms with Crippen molar-refractivity contribution in [2.24, 2.45) is 0 Å². The van der Waals surface area contributed by atoms with Gasteiger partial charge in [-0.25, -0.2) is 9.97 Å². The molecule has 1 amide bonds. The normalized spacial score (nSPS) is 10.5. The van der Waals surface area contributed by atoms with Crippen molar-refractivity contribution in [1.82, 2.24) is 9.97 Å². The van der Waals surface area contributed by atoms with Crippen LogP contribution in [0.15, 0.2) is 42.5 Å². The van der Waals surface area contributed by atoms with Gasteiger partial charge in [0.1, 0.15) is 11.4 Å². The average molecular weight is 397 g/mol. The van der Waals surface area contributed by atoms with Crippen LogP contribution in [0.1, 0.15) is 27.3 Å². The predicted octanol–water partition coefficient (Wildman–Crippen LogP) is 5.06. The van der Waals surface area contributed by atoms with Crippen molar-refractivity contribution >= 4 is 34.8 Å². The van der Waals surface area contributed by atoms with Gasteiger partial charge in [0.05, 0.1) is 12.8 Å². The summed E-state index contributed by atoms with van der Waals surface area (Å²) in [5, 5.41) is 6.59. The summed E-state index contributed by atoms with van der Waals surface area (Å²) in [5.74, 6) is 0.560. The molecule has 0 spiro atoms. The first-order valence-corrected chi connectivity index (χ1v) is 9.08. The molecule has 28 heavy (non-hydrogen) atoms. The highest BCUT2D eigenvalue weighted by atomic mass is 35.5. The van der Waals surface area contributed by atoms with Crippen molar-refractivity contribution in [3.8, 4) is 5.75 Å². The Morgan fingerprint density at radius 2 is 1.79 bits per heavy atom. The largest absolute Gasteiger partial charge is 0.495 e. The molecule has 0 bridgehead atoms. The van der Waals surface area contributed by atoms with E-state index in [1.165, 1.54) is 0 Å². The molecule has 0 saturated carbocycles. The number of ether oxygens (including phenoxy) is 1. The smallest absolute Gasteiger partial charge is 0.274 e. The van der Waals surface area contributed by atoms with E-state index in [9.17, 15) is 4.79 Å². The number of aryl methyl sites for hydroxylation is 3. The molecule has 1 aromatic heterocycles. The number of amides is 1. The highest BCUT2D eigenvalue weighted by molar-refractivity contribution is 6.30. The third kappa shape index (κ3) is 4.58. The number of aromatic nitrogens is 2. The van der Waals surface area contributed by atoms with E-state index in [1.807, 2.05) is 51.1 Å². The Kier molecular flexibility index (Phi) is 5.80. The SMILES string of the molecule is COc1ccc(C)cc1NC(=O)c1cc(C)nc(Nc2cc(Cl)ccc2C)n1. The van der Waals surface area contributed by atoms with E-state index in [-0.39, 0.29) is 11.6 Å². The van der Waals surface area contributed by atoms with Gasteiger partial charge in [0.25, 0.3) is 5.91 Å². The zero-order chi connectivity index (χ0) is 20.3. The highest BCUT2D eigenvalue weighted by Crippen LogP contribution is 2.26. The number of nitrogens with one attached hydrogen (secondary N) is 2. The second-order valence-corrected chi connectivity index (χ2v) is 6.90. The molecule has 3 aromatic rings. The molecular formula is C21H21ClN4O2. The minimum absolute atomic E-state index is 0.248. The lowest BCUT2D eigenvalue weighted by atomic mass is 10.2. The van der Waals surface area contributed by atoms with Crippen LogP contribution in [-0.2, 0) is 0 Å². The summed E-state index contributed by atoms with van der Waals surface area (Å²) in [6, 6.07) is 12.7. The first kappa shape index (κ1) is 19.6. The van der Waals surface area contributed by atoms with Crippen LogP contribution in [-0.4, -0.2) is 23.0 Å². The van der Waals surface area contributed by atoms with Crippen LogP contribution < -0.4 is 15.4 Å². The maximum atomic E-state index is 12.8. The van der Waals surface area contributed by atoms with Crippen molar-refractivity contribution < 1.29 is 9.53 Å². The number of benzene rings is 2. The van der Waals surface area contributed by atoms with Crippen LogP contribution >= 0.6 is 11.6 Å². The maximum absolute atomic E-state index is 12.8. The Bertz CT molecular complexity index is 1040. The third-order valence-electron chi connectivity index (χ3n) is 4.14. The fraction of sp³-hybridized carbons (Fsp3) is 0.190. The summed E-state index contributed by atoms with van der Waals surface area (Å²) < 4.78 is 5.32. The molecule has 6 nitrogen and oxygen atoms in total. The minimum Gasteiger partial charge on any atom is -0.495 e. The van der Waals surface area contributed by atoms with E-state index >= 15 is 0 Å². The number of hydrogen-bond acceptors (Lipinski definition) is 5. The molecule has 0 aliphatic heterocycles. The van der Waals surface area contributed by atoms with Crippen LogP contribution in [0, 0.1) is 20.8 Å². The lowest BCUT2D eigenvalue weighted by molar-refractivity contribution is 0.102. The van der Waals surface area contributed by atoms with Gasteiger partial charge in [0.2, 0.25) is 5.95 Å². The van der Waals surface area contributed by atoms with Gasteiger partial charge < -0.3 is 15.4 Å². The molecule has 2 N–H and O–H groups in total. The van der Waals surface area contributed by atoms with Gasteiger partial charge in [-0.1, -0.05) is 23.7 Å². The lowest BCUT2D eigenvalue weighted by Gasteiger charge is -2.12. The van der Waals surface area contributed by atoms with E-state index in [0.717, 1.165) is 16.8 Å². The van der Waals surface area contributed by atoms with Crippen LogP contribution in [0.4, 0.5) is 17.3 Å². The molecule has 7 heteroatoms. The number of carbonyl (C=O) groups is 1. The second kappa shape index (κ2) is 8.27. The number of methoxy groups -OCH3 is 1. The zero-order valence-electron chi connectivity index (χ0n) is 16.1. The number of anilines is 3. The molecule has 0 atom stereocenters. The Morgan fingerprint density at radius 1 is 1.00 bits per heavy atom. The summed E-state index contributed by atoms with van der Waals surface area (Å²) in [7, 11) is 1.56. The number of halogens is 1. The van der Waals surface area contributed by atoms with E-state index in [4.69, 9.17) is 16.3 Å². The van der Waals surface area contributed by atoms with Gasteiger partial charge in [0, 0.05) is 16.4 Å². The standard InChI is InChI=1S/C21H21ClN4O2/c1-12-5-8-19(28-4)17(9-12)24-20(27)18-10-14(3)23-21(26-18)25-16-11-15(22)7-6-13(16)2/h5-11H,1-4H3,(H,24,27)(H,23,25,26). The average Bonchev–Trinajstić information content (AvgIpc) is 2.64. The zero-order valence-corrected chi connectivity index (χ0v) is 16.9. The second-order valence-electron chi connectivity index (χ2n) is 6.46. The topological polar surface area (TPSA) is 76.1 Å². The molecule has 3 rings (SSSR count). The number of carbonyl (C=O) groups excluding carboxylic acids is 1. The molecule has 0 radical (unpaired) electrons. The highest BCUT2D eigenvalue weighted by Gasteiger charge is 2.14. The van der Waals surface area contributed by atoms with Crippen molar-refractivity contribution in [2.45, 2.75) is 20.8 Å². The fourth-order valence-electron chi connectivity index (χ4n) is 2.70. The third-order valence-corrected chi connectivity index (χ3v) is 4.37. The van der Waals surface area contributed by atoms with Gasteiger partial charge in [-0.3, -0.25) is 4.79 Å². The first-order valence-electron chi connectivity index (χ1n) is 8.70. The summed E-state index contributed by atoms with van der Waals surface area (Å²) >= 11 is 6.07. The summed E-state index contributed by atoms with van der Waals surface area (Å²) in [5.41, 5.74) is 4.28. The quantitative estimate of drug-likeness (QED) is 0.630. The van der Waals surface area contributed by atoms with Crippen LogP contribution in [0.5, 0.6) is 5.75 Å². The van der Waals surface area contributed by atoms with Crippen molar-refractivity contribution in [3.05, 3.63) is 70.0 Å². The molecular weight excluding hydrogens is 376 g/mol. The summed E-state index contributed by atoms with van der Waals surface area (Å²) in [6.45, 7) is 5.70. The van der Waals surface area contributed by atoms with Gasteiger partial charge >= 0.3 is 0 Å². The van der Waals surface area contributed by atoms with E-state index in [0.29, 0.717) is 28.1 Å². The number of rotatable bonds is 5. The van der Waals surface area contributed by atoms with E-state index < -0.39 is 0 Å². The molecule has 1 heterocycles. The number of hydrogen-bond donors (Lipinski definition) is 2. The molecule has 0 unspecified atom stereocenters. The monoisotopic (exact) mass is 396 g/mol. The summed E-state index contributed by atoms with van der Waals surface area (Å²) in [4.78, 5) is 21.5. The Morgan fingerprint density at radius 3 is 2.54 bits per heavy atom. The summed E-state index contributed by atoms with van der Waals surface area (Å²) in [6.07, 6.45) is 0. The molecule has 144 valence electrons. The Balaban J connectivity index is 1.88. The van der Waals surface area contributed by atoms with Crippen molar-refractivity contribution in [3.63, 3.8) is 0 Å². The molecule has 0 saturated heterocycles. The molecule has 0 aliphatic rings. The van der Waals surface area contributed by atoms with Gasteiger partial charge in [-0.2, -0.15) is 0 Å². The van der Waals surface area contributed by atoms with Crippen LogP contribution in [0.2, 0.25) is 5.02 Å². The van der Waals surface area contributed by atoms with Crippen molar-refractivity contribution in [1.29, 1.82) is 0 Å². The van der Waals surface area contributed by atoms with Gasteiger partial charge in [0.15, 0.2) is 0 Å². The number of nitrogens with zero attached hydrogens (tertiary/aromatic N) is 2. The first-order chi connectivity index (χ1) is 13.4. The minimum atomic E-state index is -0.347. The molecule has 2 aromatic carbocycles. The Hall–Kier alpha value is -3.12. The lowest BCUT2D eigenvalue weighted by Crippen LogP contribution is -2.16. The predicted molar refractivity (Wildman–Crippen MR) is 112 cm³/mol. The van der Waals surface area contributed by atoms with Gasteiger partial charge in [-0.05, 0) is 62.2 Å². The molecule has 0 aliphatic carbocycles. The molecule has 0 fully saturated rings. The fourth-order valence-corrected chi connectivity index (χ4v) is 2.87. The van der Waals surface area contributed by atoms with E-state index in [1.54, 1.807) is 19.2 Å². The van der Waals surface area contributed by atoms with Crippen LogP contribution in [0.25, 0.3) is 0 Å². The van der Waals surface area contributed by atoms with Crippen molar-refractivity contribution in [2.75, 3.05) is 17.7 Å². The van der Waals surface area contributed by atoms with Crippen LogP contribution in [0.3, 0.4) is 0 Å². The van der Waals surface area contributed by atoms with Gasteiger partial charge in [-0.15, -0.1) is 0 Å². The van der Waals surface area contributed by atoms with E-state index in [2.05, 4.69) is 20.6 Å².